The van der Waals surface area contributed by atoms with Gasteiger partial charge in [0.15, 0.2) is 0 Å². The fourth-order valence-electron chi connectivity index (χ4n) is 2.39. The Balaban J connectivity index is 2.09. The molecule has 4 nitrogen and oxygen atoms in total. The molecule has 0 aromatic heterocycles. The molecular weight excluding hydrogens is 228 g/mol. The minimum Gasteiger partial charge on any atom is -0.496 e. The summed E-state index contributed by atoms with van der Waals surface area (Å²) in [4.78, 5) is 2.40. The van der Waals surface area contributed by atoms with Crippen molar-refractivity contribution in [1.82, 2.24) is 4.90 Å². The highest BCUT2D eigenvalue weighted by Crippen LogP contribution is 2.23. The van der Waals surface area contributed by atoms with Crippen LogP contribution in [0.2, 0.25) is 0 Å². The SMILES string of the molecule is COc1ccc(N)cc1CN1CCCOC(C)C1. The summed E-state index contributed by atoms with van der Waals surface area (Å²) in [6, 6.07) is 5.80. The van der Waals surface area contributed by atoms with Gasteiger partial charge in [0.05, 0.1) is 13.2 Å². The lowest BCUT2D eigenvalue weighted by Gasteiger charge is -2.23. The number of hydrogen-bond acceptors (Lipinski definition) is 4. The predicted octanol–water partition coefficient (Wildman–Crippen LogP) is 1.89. The molecule has 0 aliphatic carbocycles. The molecular formula is C14H22N2O2. The molecule has 0 amide bonds. The van der Waals surface area contributed by atoms with E-state index in [0.29, 0.717) is 6.10 Å². The summed E-state index contributed by atoms with van der Waals surface area (Å²) in [5.74, 6) is 0.905. The predicted molar refractivity (Wildman–Crippen MR) is 72.7 cm³/mol. The maximum atomic E-state index is 5.85. The Hall–Kier alpha value is -1.26. The van der Waals surface area contributed by atoms with E-state index >= 15 is 0 Å². The lowest BCUT2D eigenvalue weighted by molar-refractivity contribution is 0.0667. The molecule has 0 radical (unpaired) electrons. The number of nitrogen functional groups attached to an aromatic ring is 1. The van der Waals surface area contributed by atoms with Crippen LogP contribution in [-0.4, -0.2) is 37.8 Å². The van der Waals surface area contributed by atoms with Gasteiger partial charge in [-0.1, -0.05) is 0 Å². The smallest absolute Gasteiger partial charge is 0.123 e. The van der Waals surface area contributed by atoms with Gasteiger partial charge in [0.25, 0.3) is 0 Å². The van der Waals surface area contributed by atoms with E-state index in [2.05, 4.69) is 11.8 Å². The summed E-state index contributed by atoms with van der Waals surface area (Å²) in [5, 5.41) is 0. The Morgan fingerprint density at radius 2 is 2.33 bits per heavy atom. The van der Waals surface area contributed by atoms with Gasteiger partial charge in [0.1, 0.15) is 5.75 Å². The van der Waals surface area contributed by atoms with Crippen molar-refractivity contribution in [3.05, 3.63) is 23.8 Å². The lowest BCUT2D eigenvalue weighted by atomic mass is 10.1. The number of nitrogens with zero attached hydrogens (tertiary/aromatic N) is 1. The fraction of sp³-hybridized carbons (Fsp3) is 0.571. The molecule has 1 atom stereocenters. The van der Waals surface area contributed by atoms with Crippen LogP contribution < -0.4 is 10.5 Å². The van der Waals surface area contributed by atoms with Crippen molar-refractivity contribution in [2.24, 2.45) is 0 Å². The molecule has 2 rings (SSSR count). The van der Waals surface area contributed by atoms with Crippen LogP contribution in [0.15, 0.2) is 18.2 Å². The molecule has 1 aromatic carbocycles. The second-order valence-corrected chi connectivity index (χ2v) is 4.84. The Bertz CT molecular complexity index is 395. The molecule has 1 saturated heterocycles. The van der Waals surface area contributed by atoms with E-state index in [1.165, 1.54) is 0 Å². The molecule has 18 heavy (non-hydrogen) atoms. The van der Waals surface area contributed by atoms with E-state index in [1.807, 2.05) is 18.2 Å². The first-order valence-corrected chi connectivity index (χ1v) is 6.45. The molecule has 2 N–H and O–H groups in total. The van der Waals surface area contributed by atoms with Gasteiger partial charge < -0.3 is 15.2 Å². The molecule has 1 aliphatic heterocycles. The first-order valence-electron chi connectivity index (χ1n) is 6.45. The summed E-state index contributed by atoms with van der Waals surface area (Å²) < 4.78 is 11.0. The van der Waals surface area contributed by atoms with E-state index in [0.717, 1.165) is 49.7 Å². The largest absolute Gasteiger partial charge is 0.496 e. The maximum Gasteiger partial charge on any atom is 0.123 e. The zero-order chi connectivity index (χ0) is 13.0. The normalized spacial score (nSPS) is 21.6. The van der Waals surface area contributed by atoms with Gasteiger partial charge in [0.2, 0.25) is 0 Å². The number of methoxy groups -OCH3 is 1. The molecule has 4 heteroatoms. The average molecular weight is 250 g/mol. The molecule has 1 unspecified atom stereocenters. The Labute approximate surface area is 109 Å². The monoisotopic (exact) mass is 250 g/mol. The van der Waals surface area contributed by atoms with Crippen molar-refractivity contribution < 1.29 is 9.47 Å². The van der Waals surface area contributed by atoms with E-state index in [1.54, 1.807) is 7.11 Å². The molecule has 100 valence electrons. The summed E-state index contributed by atoms with van der Waals surface area (Å²) in [5.41, 5.74) is 7.77. The molecule has 0 bridgehead atoms. The van der Waals surface area contributed by atoms with Gasteiger partial charge in [-0.05, 0) is 31.5 Å². The van der Waals surface area contributed by atoms with E-state index in [4.69, 9.17) is 15.2 Å². The van der Waals surface area contributed by atoms with Crippen molar-refractivity contribution in [2.45, 2.75) is 26.0 Å². The van der Waals surface area contributed by atoms with Crippen molar-refractivity contribution >= 4 is 5.69 Å². The van der Waals surface area contributed by atoms with Crippen molar-refractivity contribution in [2.75, 3.05) is 32.5 Å². The number of anilines is 1. The van der Waals surface area contributed by atoms with Crippen LogP contribution in [0.25, 0.3) is 0 Å². The van der Waals surface area contributed by atoms with Crippen molar-refractivity contribution in [1.29, 1.82) is 0 Å². The topological polar surface area (TPSA) is 47.7 Å². The minimum absolute atomic E-state index is 0.291. The first-order chi connectivity index (χ1) is 8.69. The van der Waals surface area contributed by atoms with Gasteiger partial charge in [-0.3, -0.25) is 4.90 Å². The molecule has 1 aromatic rings. The number of hydrogen-bond donors (Lipinski definition) is 1. The second kappa shape index (κ2) is 6.07. The summed E-state index contributed by atoms with van der Waals surface area (Å²) in [6.45, 7) is 5.85. The zero-order valence-electron chi connectivity index (χ0n) is 11.2. The number of rotatable bonds is 3. The summed E-state index contributed by atoms with van der Waals surface area (Å²) >= 11 is 0. The van der Waals surface area contributed by atoms with Crippen LogP contribution in [0.5, 0.6) is 5.75 Å². The van der Waals surface area contributed by atoms with Crippen LogP contribution >= 0.6 is 0 Å². The van der Waals surface area contributed by atoms with Crippen LogP contribution in [0.4, 0.5) is 5.69 Å². The van der Waals surface area contributed by atoms with Crippen LogP contribution in [0, 0.1) is 0 Å². The standard InChI is InChI=1S/C14H22N2O2/c1-11-9-16(6-3-7-18-11)10-12-8-13(15)4-5-14(12)17-2/h4-5,8,11H,3,6-7,9-10,15H2,1-2H3. The molecule has 1 heterocycles. The van der Waals surface area contributed by atoms with Crippen molar-refractivity contribution in [3.63, 3.8) is 0 Å². The van der Waals surface area contributed by atoms with E-state index in [9.17, 15) is 0 Å². The highest BCUT2D eigenvalue weighted by atomic mass is 16.5. The summed E-state index contributed by atoms with van der Waals surface area (Å²) in [6.07, 6.45) is 1.37. The second-order valence-electron chi connectivity index (χ2n) is 4.84. The highest BCUT2D eigenvalue weighted by Gasteiger charge is 2.16. The third-order valence-corrected chi connectivity index (χ3v) is 3.23. The third kappa shape index (κ3) is 3.37. The van der Waals surface area contributed by atoms with Gasteiger partial charge in [-0.15, -0.1) is 0 Å². The molecule has 0 saturated carbocycles. The minimum atomic E-state index is 0.291. The molecule has 1 aliphatic rings. The average Bonchev–Trinajstić information content (AvgIpc) is 2.54. The van der Waals surface area contributed by atoms with Crippen molar-refractivity contribution in [3.8, 4) is 5.75 Å². The van der Waals surface area contributed by atoms with E-state index < -0.39 is 0 Å². The highest BCUT2D eigenvalue weighted by molar-refractivity contribution is 5.47. The fourth-order valence-corrected chi connectivity index (χ4v) is 2.39. The van der Waals surface area contributed by atoms with Crippen LogP contribution in [0.1, 0.15) is 18.9 Å². The number of nitrogens with two attached hydrogens (primary N) is 1. The Kier molecular flexibility index (Phi) is 4.44. The summed E-state index contributed by atoms with van der Waals surface area (Å²) in [7, 11) is 1.70. The lowest BCUT2D eigenvalue weighted by Crippen LogP contribution is -2.30. The quantitative estimate of drug-likeness (QED) is 0.832. The maximum absolute atomic E-state index is 5.85. The van der Waals surface area contributed by atoms with Gasteiger partial charge >= 0.3 is 0 Å². The Morgan fingerprint density at radius 1 is 1.50 bits per heavy atom. The van der Waals surface area contributed by atoms with Crippen LogP contribution in [0.3, 0.4) is 0 Å². The zero-order valence-corrected chi connectivity index (χ0v) is 11.2. The van der Waals surface area contributed by atoms with Gasteiger partial charge in [-0.2, -0.15) is 0 Å². The number of ether oxygens (including phenoxy) is 2. The Morgan fingerprint density at radius 3 is 3.11 bits per heavy atom. The molecule has 0 spiro atoms. The number of benzene rings is 1. The van der Waals surface area contributed by atoms with E-state index in [-0.39, 0.29) is 0 Å². The first kappa shape index (κ1) is 13.2. The third-order valence-electron chi connectivity index (χ3n) is 3.23. The van der Waals surface area contributed by atoms with Gasteiger partial charge in [0, 0.05) is 37.5 Å². The van der Waals surface area contributed by atoms with Crippen LogP contribution in [-0.2, 0) is 11.3 Å². The van der Waals surface area contributed by atoms with Gasteiger partial charge in [-0.25, -0.2) is 0 Å². The molecule has 1 fully saturated rings.